The SMILES string of the molecule is CC1OCCC1(C)Nc1cnc(Cl)cn1. The summed E-state index contributed by atoms with van der Waals surface area (Å²) in [6.07, 6.45) is 4.32. The van der Waals surface area contributed by atoms with Gasteiger partial charge in [-0.3, -0.25) is 0 Å². The fourth-order valence-corrected chi connectivity index (χ4v) is 1.77. The molecule has 1 aromatic heterocycles. The lowest BCUT2D eigenvalue weighted by Crippen LogP contribution is -2.41. The van der Waals surface area contributed by atoms with Crippen molar-refractivity contribution in [3.05, 3.63) is 17.5 Å². The minimum atomic E-state index is -0.0670. The zero-order chi connectivity index (χ0) is 10.9. The smallest absolute Gasteiger partial charge is 0.147 e. The molecule has 0 aromatic carbocycles. The van der Waals surface area contributed by atoms with Crippen LogP contribution in [-0.4, -0.2) is 28.2 Å². The molecule has 2 unspecified atom stereocenters. The van der Waals surface area contributed by atoms with E-state index in [0.717, 1.165) is 18.8 Å². The molecular weight excluding hydrogens is 214 g/mol. The van der Waals surface area contributed by atoms with E-state index in [-0.39, 0.29) is 11.6 Å². The molecular formula is C10H14ClN3O. The third-order valence-corrected chi connectivity index (χ3v) is 3.12. The van der Waals surface area contributed by atoms with Gasteiger partial charge in [-0.2, -0.15) is 0 Å². The Kier molecular flexibility index (Phi) is 2.80. The number of anilines is 1. The number of aromatic nitrogens is 2. The lowest BCUT2D eigenvalue weighted by molar-refractivity contribution is 0.105. The maximum Gasteiger partial charge on any atom is 0.147 e. The van der Waals surface area contributed by atoms with Crippen molar-refractivity contribution in [2.45, 2.75) is 31.9 Å². The van der Waals surface area contributed by atoms with Gasteiger partial charge in [-0.05, 0) is 20.3 Å². The van der Waals surface area contributed by atoms with Crippen LogP contribution in [0.2, 0.25) is 5.15 Å². The third kappa shape index (κ3) is 2.21. The fraction of sp³-hybridized carbons (Fsp3) is 0.600. The first-order chi connectivity index (χ1) is 7.10. The van der Waals surface area contributed by atoms with Gasteiger partial charge >= 0.3 is 0 Å². The van der Waals surface area contributed by atoms with Crippen molar-refractivity contribution in [1.82, 2.24) is 9.97 Å². The van der Waals surface area contributed by atoms with Gasteiger partial charge in [0.2, 0.25) is 0 Å². The van der Waals surface area contributed by atoms with Crippen molar-refractivity contribution < 1.29 is 4.74 Å². The number of nitrogens with zero attached hydrogens (tertiary/aromatic N) is 2. The second kappa shape index (κ2) is 3.94. The average Bonchev–Trinajstić information content (AvgIpc) is 2.51. The Labute approximate surface area is 94.0 Å². The zero-order valence-corrected chi connectivity index (χ0v) is 9.58. The molecule has 0 amide bonds. The van der Waals surface area contributed by atoms with Crippen molar-refractivity contribution in [3.63, 3.8) is 0 Å². The summed E-state index contributed by atoms with van der Waals surface area (Å²) in [5, 5.41) is 3.74. The second-order valence-electron chi connectivity index (χ2n) is 4.03. The summed E-state index contributed by atoms with van der Waals surface area (Å²) in [6, 6.07) is 0. The van der Waals surface area contributed by atoms with E-state index < -0.39 is 0 Å². The molecule has 0 saturated carbocycles. The molecule has 0 spiro atoms. The second-order valence-corrected chi connectivity index (χ2v) is 4.42. The Bertz CT molecular complexity index is 343. The number of ether oxygens (including phenoxy) is 1. The van der Waals surface area contributed by atoms with Crippen LogP contribution in [0.5, 0.6) is 0 Å². The van der Waals surface area contributed by atoms with E-state index in [1.54, 1.807) is 6.20 Å². The van der Waals surface area contributed by atoms with Gasteiger partial charge in [0.25, 0.3) is 0 Å². The number of rotatable bonds is 2. The van der Waals surface area contributed by atoms with E-state index in [0.29, 0.717) is 5.15 Å². The molecule has 1 fully saturated rings. The summed E-state index contributed by atoms with van der Waals surface area (Å²) in [4.78, 5) is 8.14. The van der Waals surface area contributed by atoms with Crippen LogP contribution >= 0.6 is 11.6 Å². The van der Waals surface area contributed by atoms with Gasteiger partial charge in [-0.1, -0.05) is 11.6 Å². The predicted octanol–water partition coefficient (Wildman–Crippen LogP) is 2.11. The quantitative estimate of drug-likeness (QED) is 0.841. The van der Waals surface area contributed by atoms with E-state index in [1.807, 2.05) is 0 Å². The van der Waals surface area contributed by atoms with Gasteiger partial charge in [-0.15, -0.1) is 0 Å². The fourth-order valence-electron chi connectivity index (χ4n) is 1.67. The first-order valence-electron chi connectivity index (χ1n) is 4.97. The molecule has 4 nitrogen and oxygen atoms in total. The predicted molar refractivity (Wildman–Crippen MR) is 59.1 cm³/mol. The number of hydrogen-bond donors (Lipinski definition) is 1. The van der Waals surface area contributed by atoms with Gasteiger partial charge in [-0.25, -0.2) is 9.97 Å². The number of hydrogen-bond acceptors (Lipinski definition) is 4. The Hall–Kier alpha value is -0.870. The molecule has 1 N–H and O–H groups in total. The molecule has 15 heavy (non-hydrogen) atoms. The zero-order valence-electron chi connectivity index (χ0n) is 8.83. The van der Waals surface area contributed by atoms with Crippen molar-refractivity contribution in [2.24, 2.45) is 0 Å². The Balaban J connectivity index is 2.11. The molecule has 1 aromatic rings. The summed E-state index contributed by atoms with van der Waals surface area (Å²) in [5.41, 5.74) is -0.0670. The molecule has 1 aliphatic heterocycles. The molecule has 2 atom stereocenters. The maximum absolute atomic E-state index is 5.67. The summed E-state index contributed by atoms with van der Waals surface area (Å²) in [6.45, 7) is 4.97. The van der Waals surface area contributed by atoms with Crippen LogP contribution in [0.25, 0.3) is 0 Å². The van der Waals surface area contributed by atoms with E-state index >= 15 is 0 Å². The molecule has 0 bridgehead atoms. The maximum atomic E-state index is 5.67. The van der Waals surface area contributed by atoms with Crippen molar-refractivity contribution in [3.8, 4) is 0 Å². The Morgan fingerprint density at radius 2 is 2.33 bits per heavy atom. The molecule has 0 radical (unpaired) electrons. The first kappa shape index (κ1) is 10.6. The van der Waals surface area contributed by atoms with Crippen LogP contribution in [0.1, 0.15) is 20.3 Å². The van der Waals surface area contributed by atoms with E-state index in [9.17, 15) is 0 Å². The molecule has 82 valence electrons. The van der Waals surface area contributed by atoms with Crippen LogP contribution in [0.3, 0.4) is 0 Å². The minimum absolute atomic E-state index is 0.0670. The number of halogens is 1. The third-order valence-electron chi connectivity index (χ3n) is 2.92. The van der Waals surface area contributed by atoms with Crippen LogP contribution in [-0.2, 0) is 4.74 Å². The highest BCUT2D eigenvalue weighted by Gasteiger charge is 2.37. The largest absolute Gasteiger partial charge is 0.376 e. The Morgan fingerprint density at radius 1 is 1.53 bits per heavy atom. The van der Waals surface area contributed by atoms with Gasteiger partial charge in [0.05, 0.1) is 24.0 Å². The highest BCUT2D eigenvalue weighted by Crippen LogP contribution is 2.28. The molecule has 1 aliphatic rings. The number of nitrogens with one attached hydrogen (secondary N) is 1. The van der Waals surface area contributed by atoms with Crippen LogP contribution in [0, 0.1) is 0 Å². The first-order valence-corrected chi connectivity index (χ1v) is 5.35. The van der Waals surface area contributed by atoms with Crippen molar-refractivity contribution in [1.29, 1.82) is 0 Å². The molecule has 2 rings (SSSR count). The standard InChI is InChI=1S/C10H14ClN3O/c1-7-10(2,3-4-15-7)14-9-6-12-8(11)5-13-9/h5-7H,3-4H2,1-2H3,(H,13,14). The van der Waals surface area contributed by atoms with E-state index in [2.05, 4.69) is 29.1 Å². The van der Waals surface area contributed by atoms with Crippen LogP contribution in [0.15, 0.2) is 12.4 Å². The van der Waals surface area contributed by atoms with Crippen LogP contribution in [0.4, 0.5) is 5.82 Å². The van der Waals surface area contributed by atoms with Crippen molar-refractivity contribution >= 4 is 17.4 Å². The highest BCUT2D eigenvalue weighted by molar-refractivity contribution is 6.29. The summed E-state index contributed by atoms with van der Waals surface area (Å²) in [5.74, 6) is 0.735. The molecule has 1 saturated heterocycles. The van der Waals surface area contributed by atoms with Crippen LogP contribution < -0.4 is 5.32 Å². The van der Waals surface area contributed by atoms with Gasteiger partial charge in [0.1, 0.15) is 11.0 Å². The highest BCUT2D eigenvalue weighted by atomic mass is 35.5. The monoisotopic (exact) mass is 227 g/mol. The summed E-state index contributed by atoms with van der Waals surface area (Å²) >= 11 is 5.67. The topological polar surface area (TPSA) is 47.0 Å². The molecule has 5 heteroatoms. The minimum Gasteiger partial charge on any atom is -0.376 e. The van der Waals surface area contributed by atoms with Gasteiger partial charge in [0, 0.05) is 6.61 Å². The summed E-state index contributed by atoms with van der Waals surface area (Å²) < 4.78 is 5.53. The Morgan fingerprint density at radius 3 is 2.87 bits per heavy atom. The van der Waals surface area contributed by atoms with Gasteiger partial charge in [0.15, 0.2) is 0 Å². The lowest BCUT2D eigenvalue weighted by Gasteiger charge is -2.29. The molecule has 2 heterocycles. The summed E-state index contributed by atoms with van der Waals surface area (Å²) in [7, 11) is 0. The average molecular weight is 228 g/mol. The molecule has 0 aliphatic carbocycles. The lowest BCUT2D eigenvalue weighted by atomic mass is 9.95. The van der Waals surface area contributed by atoms with E-state index in [1.165, 1.54) is 6.20 Å². The van der Waals surface area contributed by atoms with E-state index in [4.69, 9.17) is 16.3 Å². The van der Waals surface area contributed by atoms with Crippen molar-refractivity contribution in [2.75, 3.05) is 11.9 Å². The normalized spacial score (nSPS) is 30.5. The van der Waals surface area contributed by atoms with Gasteiger partial charge < -0.3 is 10.1 Å².